The number of aryl methyl sites for hydroxylation is 2. The highest BCUT2D eigenvalue weighted by molar-refractivity contribution is 6.10. The molecule has 6 heterocycles. The standard InChI is InChI=1S/C36H38F2N6O/c1-17-9-23-26(16-41-28(23)13-27(17)37)31-22(18(2)14-39)12-24-33(32(31)38)42-36(45-20(4)30-7-6-8-43(30)5)25-10-19(3)44(35(24)25)34-21-11-29(34)40-15-21/h9-10,12-13,16,18,20-21,29-30,34,40-41H,6-8,11,15H2,1-5H3/t18?,20-,21+,29+,30-,34-/m0/s1. The molecule has 2 N–H and O–H groups in total. The molecular weight excluding hydrogens is 570 g/mol. The monoisotopic (exact) mass is 608 g/mol. The van der Waals surface area contributed by atoms with Crippen molar-refractivity contribution in [3.8, 4) is 23.1 Å². The van der Waals surface area contributed by atoms with Gasteiger partial charge in [0.1, 0.15) is 17.4 Å². The number of pyridine rings is 1. The molecule has 1 aliphatic carbocycles. The Balaban J connectivity index is 1.42. The number of fused-ring (bicyclic) bond motifs is 5. The van der Waals surface area contributed by atoms with Gasteiger partial charge in [-0.1, -0.05) is 0 Å². The quantitative estimate of drug-likeness (QED) is 0.212. The van der Waals surface area contributed by atoms with E-state index < -0.39 is 11.7 Å². The number of likely N-dealkylation sites (tertiary alicyclic amines) is 1. The summed E-state index contributed by atoms with van der Waals surface area (Å²) in [5, 5.41) is 16.0. The van der Waals surface area contributed by atoms with Crippen LogP contribution in [-0.2, 0) is 0 Å². The molecule has 3 aliphatic heterocycles. The van der Waals surface area contributed by atoms with Crippen LogP contribution in [0.3, 0.4) is 0 Å². The Kier molecular flexibility index (Phi) is 6.49. The number of nitriles is 1. The van der Waals surface area contributed by atoms with E-state index in [1.165, 1.54) is 6.07 Å². The second-order valence-electron chi connectivity index (χ2n) is 13.6. The number of aromatic amines is 1. The van der Waals surface area contributed by atoms with Gasteiger partial charge in [-0.2, -0.15) is 5.26 Å². The smallest absolute Gasteiger partial charge is 0.223 e. The second-order valence-corrected chi connectivity index (χ2v) is 13.6. The minimum atomic E-state index is -0.597. The van der Waals surface area contributed by atoms with Gasteiger partial charge < -0.3 is 19.6 Å². The molecular formula is C36H38F2N6O. The van der Waals surface area contributed by atoms with E-state index in [-0.39, 0.29) is 29.5 Å². The Morgan fingerprint density at radius 1 is 1.11 bits per heavy atom. The van der Waals surface area contributed by atoms with E-state index in [1.807, 2.05) is 6.07 Å². The SMILES string of the molecule is Cc1cc2c(-c3c(C(C)C#N)cc4c(nc(O[C@@H](C)[C@@H]5CCCN5C)c5cc(C)n([C@H]6[C@H]7CN[C@@H]6C7)c54)c3F)c[nH]c2cc1F. The number of nitrogens with one attached hydrogen (secondary N) is 2. The number of H-pyrrole nitrogens is 1. The zero-order valence-electron chi connectivity index (χ0n) is 26.3. The summed E-state index contributed by atoms with van der Waals surface area (Å²) in [6.07, 6.45) is 4.87. The summed E-state index contributed by atoms with van der Waals surface area (Å²) in [6, 6.07) is 10.5. The summed E-state index contributed by atoms with van der Waals surface area (Å²) >= 11 is 0. The molecule has 9 rings (SSSR count). The van der Waals surface area contributed by atoms with Crippen molar-refractivity contribution in [3.63, 3.8) is 0 Å². The largest absolute Gasteiger partial charge is 0.472 e. The number of nitrogens with zero attached hydrogens (tertiary/aromatic N) is 4. The number of aromatic nitrogens is 3. The lowest BCUT2D eigenvalue weighted by atomic mass is 9.79. The molecule has 3 saturated heterocycles. The molecule has 9 heteroatoms. The molecule has 3 aromatic heterocycles. The van der Waals surface area contributed by atoms with Crippen LogP contribution >= 0.6 is 0 Å². The predicted octanol–water partition coefficient (Wildman–Crippen LogP) is 7.25. The van der Waals surface area contributed by atoms with Crippen LogP contribution in [0.2, 0.25) is 0 Å². The molecule has 1 unspecified atom stereocenters. The van der Waals surface area contributed by atoms with Crippen molar-refractivity contribution in [1.29, 1.82) is 5.26 Å². The van der Waals surface area contributed by atoms with E-state index in [2.05, 4.69) is 52.8 Å². The Hall–Kier alpha value is -4.00. The van der Waals surface area contributed by atoms with Crippen molar-refractivity contribution in [3.05, 3.63) is 58.9 Å². The van der Waals surface area contributed by atoms with Gasteiger partial charge in [0.25, 0.3) is 0 Å². The molecule has 2 bridgehead atoms. The summed E-state index contributed by atoms with van der Waals surface area (Å²) in [4.78, 5) is 10.4. The average molecular weight is 609 g/mol. The number of benzene rings is 2. The topological polar surface area (TPSA) is 81.9 Å². The van der Waals surface area contributed by atoms with Gasteiger partial charge in [-0.05, 0) is 102 Å². The van der Waals surface area contributed by atoms with E-state index in [0.717, 1.165) is 48.9 Å². The Morgan fingerprint density at radius 3 is 2.62 bits per heavy atom. The molecule has 4 fully saturated rings. The summed E-state index contributed by atoms with van der Waals surface area (Å²) in [5.74, 6) is -0.469. The molecule has 45 heavy (non-hydrogen) atoms. The van der Waals surface area contributed by atoms with Crippen LogP contribution < -0.4 is 10.1 Å². The normalized spacial score (nSPS) is 24.4. The molecule has 5 aromatic rings. The number of hydrogen-bond donors (Lipinski definition) is 2. The minimum Gasteiger partial charge on any atom is -0.472 e. The van der Waals surface area contributed by atoms with Gasteiger partial charge >= 0.3 is 0 Å². The van der Waals surface area contributed by atoms with Crippen molar-refractivity contribution in [2.45, 2.75) is 77.1 Å². The highest BCUT2D eigenvalue weighted by Crippen LogP contribution is 2.49. The lowest BCUT2D eigenvalue weighted by Gasteiger charge is -2.37. The number of halogens is 2. The first kappa shape index (κ1) is 28.5. The molecule has 0 amide bonds. The fourth-order valence-electron chi connectivity index (χ4n) is 8.44. The first-order valence-corrected chi connectivity index (χ1v) is 16.1. The van der Waals surface area contributed by atoms with Crippen molar-refractivity contribution in [2.75, 3.05) is 20.1 Å². The molecule has 6 atom stereocenters. The van der Waals surface area contributed by atoms with Gasteiger partial charge in [-0.15, -0.1) is 0 Å². The van der Waals surface area contributed by atoms with Crippen LogP contribution in [0.5, 0.6) is 5.88 Å². The fourth-order valence-corrected chi connectivity index (χ4v) is 8.44. The van der Waals surface area contributed by atoms with Crippen molar-refractivity contribution >= 4 is 32.7 Å². The predicted molar refractivity (Wildman–Crippen MR) is 173 cm³/mol. The number of hydrogen-bond acceptors (Lipinski definition) is 5. The summed E-state index contributed by atoms with van der Waals surface area (Å²) in [6.45, 7) is 9.69. The highest BCUT2D eigenvalue weighted by Gasteiger charge is 2.48. The Labute approximate surface area is 261 Å². The van der Waals surface area contributed by atoms with Crippen LogP contribution in [0.15, 0.2) is 30.5 Å². The maximum atomic E-state index is 17.4. The first-order chi connectivity index (χ1) is 21.7. The van der Waals surface area contributed by atoms with Crippen LogP contribution in [0.4, 0.5) is 8.78 Å². The van der Waals surface area contributed by atoms with Gasteiger partial charge in [0, 0.05) is 57.9 Å². The van der Waals surface area contributed by atoms with Crippen LogP contribution in [0.25, 0.3) is 43.8 Å². The third-order valence-electron chi connectivity index (χ3n) is 10.9. The molecule has 232 valence electrons. The van der Waals surface area contributed by atoms with Gasteiger partial charge in [0.15, 0.2) is 5.82 Å². The number of rotatable bonds is 6. The average Bonchev–Trinajstić information content (AvgIpc) is 3.84. The third kappa shape index (κ3) is 4.15. The number of likely N-dealkylation sites (N-methyl/N-ethyl adjacent to an activating group) is 1. The lowest BCUT2D eigenvalue weighted by Crippen LogP contribution is -2.39. The van der Waals surface area contributed by atoms with Gasteiger partial charge in [0.2, 0.25) is 5.88 Å². The Morgan fingerprint density at radius 2 is 1.93 bits per heavy atom. The van der Waals surface area contributed by atoms with E-state index in [4.69, 9.17) is 9.72 Å². The second kappa shape index (κ2) is 10.3. The summed E-state index contributed by atoms with van der Waals surface area (Å²) < 4.78 is 40.9. The van der Waals surface area contributed by atoms with Gasteiger partial charge in [0.05, 0.1) is 28.9 Å². The summed E-state index contributed by atoms with van der Waals surface area (Å²) in [7, 11) is 2.12. The molecule has 0 spiro atoms. The summed E-state index contributed by atoms with van der Waals surface area (Å²) in [5.41, 5.74) is 4.76. The van der Waals surface area contributed by atoms with Gasteiger partial charge in [-0.25, -0.2) is 13.8 Å². The zero-order valence-corrected chi connectivity index (χ0v) is 26.3. The Bertz CT molecular complexity index is 2040. The van der Waals surface area contributed by atoms with E-state index in [9.17, 15) is 9.65 Å². The van der Waals surface area contributed by atoms with Gasteiger partial charge in [-0.3, -0.25) is 4.90 Å². The molecule has 2 aromatic carbocycles. The highest BCUT2D eigenvalue weighted by atomic mass is 19.1. The van der Waals surface area contributed by atoms with Crippen LogP contribution in [-0.4, -0.2) is 57.8 Å². The van der Waals surface area contributed by atoms with E-state index in [1.54, 1.807) is 26.1 Å². The molecule has 0 radical (unpaired) electrons. The lowest BCUT2D eigenvalue weighted by molar-refractivity contribution is 0.119. The molecule has 1 saturated carbocycles. The first-order valence-electron chi connectivity index (χ1n) is 16.1. The van der Waals surface area contributed by atoms with E-state index in [0.29, 0.717) is 56.4 Å². The van der Waals surface area contributed by atoms with Crippen LogP contribution in [0, 0.1) is 42.7 Å². The minimum absolute atomic E-state index is 0.136. The maximum Gasteiger partial charge on any atom is 0.223 e. The maximum absolute atomic E-state index is 17.4. The van der Waals surface area contributed by atoms with Crippen molar-refractivity contribution < 1.29 is 13.5 Å². The van der Waals surface area contributed by atoms with Crippen molar-refractivity contribution in [2.24, 2.45) is 5.92 Å². The molecule has 4 aliphatic rings. The third-order valence-corrected chi connectivity index (χ3v) is 10.9. The zero-order chi connectivity index (χ0) is 31.3. The molecule has 7 nitrogen and oxygen atoms in total. The van der Waals surface area contributed by atoms with Crippen LogP contribution in [0.1, 0.15) is 61.9 Å². The number of ether oxygens (including phenoxy) is 1. The van der Waals surface area contributed by atoms with Crippen molar-refractivity contribution in [1.82, 2.24) is 24.8 Å². The fraction of sp³-hybridized carbons (Fsp3) is 0.444. The van der Waals surface area contributed by atoms with E-state index >= 15 is 4.39 Å².